The van der Waals surface area contributed by atoms with Crippen molar-refractivity contribution in [3.8, 4) is 11.1 Å². The molecule has 3 aromatic rings. The van der Waals surface area contributed by atoms with Gasteiger partial charge in [-0.1, -0.05) is 91.7 Å². The molecule has 1 fully saturated rings. The molecular weight excluding hydrogens is 532 g/mol. The van der Waals surface area contributed by atoms with Gasteiger partial charge in [-0.05, 0) is 53.5 Å². The van der Waals surface area contributed by atoms with Crippen molar-refractivity contribution >= 4 is 18.0 Å². The Labute approximate surface area is 246 Å². The van der Waals surface area contributed by atoms with Crippen molar-refractivity contribution in [2.24, 2.45) is 5.92 Å². The normalized spacial score (nSPS) is 19.2. The molecular formula is C34H38N2O6. The average Bonchev–Trinajstić information content (AvgIpc) is 3.32. The quantitative estimate of drug-likeness (QED) is 0.275. The first-order valence-corrected chi connectivity index (χ1v) is 14.7. The Morgan fingerprint density at radius 2 is 1.50 bits per heavy atom. The second-order valence-corrected chi connectivity index (χ2v) is 11.2. The van der Waals surface area contributed by atoms with E-state index >= 15 is 0 Å². The summed E-state index contributed by atoms with van der Waals surface area (Å²) in [6.07, 6.45) is 2.27. The Kier molecular flexibility index (Phi) is 9.54. The number of carbonyl (C=O) groups excluding carboxylic acids is 2. The van der Waals surface area contributed by atoms with Gasteiger partial charge in [-0.15, -0.1) is 0 Å². The summed E-state index contributed by atoms with van der Waals surface area (Å²) in [5.41, 5.74) is 5.55. The molecule has 2 unspecified atom stereocenters. The number of aliphatic carboxylic acids is 1. The second kappa shape index (κ2) is 13.7. The summed E-state index contributed by atoms with van der Waals surface area (Å²) in [5, 5.41) is 15.4. The summed E-state index contributed by atoms with van der Waals surface area (Å²) in [7, 11) is 0. The molecule has 42 heavy (non-hydrogen) atoms. The van der Waals surface area contributed by atoms with Crippen molar-refractivity contribution in [1.82, 2.24) is 10.6 Å². The predicted molar refractivity (Wildman–Crippen MR) is 159 cm³/mol. The number of nitrogens with one attached hydrogen (secondary N) is 2. The van der Waals surface area contributed by atoms with Crippen LogP contribution in [0.1, 0.15) is 61.6 Å². The molecule has 3 N–H and O–H groups in total. The largest absolute Gasteiger partial charge is 0.480 e. The summed E-state index contributed by atoms with van der Waals surface area (Å²) >= 11 is 0. The predicted octanol–water partition coefficient (Wildman–Crippen LogP) is 5.65. The number of rotatable bonds is 11. The molecule has 2 amide bonds. The summed E-state index contributed by atoms with van der Waals surface area (Å²) < 4.78 is 11.5. The van der Waals surface area contributed by atoms with Crippen LogP contribution in [-0.2, 0) is 25.7 Å². The van der Waals surface area contributed by atoms with E-state index in [0.29, 0.717) is 0 Å². The minimum Gasteiger partial charge on any atom is -0.480 e. The number of carbonyl (C=O) groups is 3. The molecule has 0 heterocycles. The topological polar surface area (TPSA) is 114 Å². The number of hydrogen-bond donors (Lipinski definition) is 3. The molecule has 220 valence electrons. The van der Waals surface area contributed by atoms with Crippen LogP contribution < -0.4 is 10.6 Å². The molecule has 8 heteroatoms. The van der Waals surface area contributed by atoms with E-state index < -0.39 is 24.2 Å². The van der Waals surface area contributed by atoms with Crippen molar-refractivity contribution in [1.29, 1.82) is 0 Å². The third-order valence-electron chi connectivity index (χ3n) is 8.41. The molecule has 1 saturated carbocycles. The fraction of sp³-hybridized carbons (Fsp3) is 0.382. The van der Waals surface area contributed by atoms with Crippen LogP contribution in [0.2, 0.25) is 0 Å². The lowest BCUT2D eigenvalue weighted by Gasteiger charge is -2.32. The van der Waals surface area contributed by atoms with Crippen molar-refractivity contribution in [2.75, 3.05) is 6.61 Å². The molecule has 0 radical (unpaired) electrons. The van der Waals surface area contributed by atoms with E-state index in [1.807, 2.05) is 54.6 Å². The molecule has 3 aromatic carbocycles. The van der Waals surface area contributed by atoms with E-state index in [1.165, 1.54) is 11.1 Å². The molecule has 2 aliphatic rings. The maximum absolute atomic E-state index is 13.0. The number of amides is 2. The van der Waals surface area contributed by atoms with Gasteiger partial charge in [0.25, 0.3) is 0 Å². The van der Waals surface area contributed by atoms with Crippen LogP contribution in [0, 0.1) is 5.92 Å². The lowest BCUT2D eigenvalue weighted by Crippen LogP contribution is -2.50. The fourth-order valence-electron chi connectivity index (χ4n) is 6.18. The highest BCUT2D eigenvalue weighted by Crippen LogP contribution is 2.44. The Morgan fingerprint density at radius 1 is 0.881 bits per heavy atom. The van der Waals surface area contributed by atoms with Crippen molar-refractivity contribution in [3.05, 3.63) is 95.6 Å². The maximum atomic E-state index is 13.0. The monoisotopic (exact) mass is 570 g/mol. The third kappa shape index (κ3) is 6.99. The molecule has 8 nitrogen and oxygen atoms in total. The van der Waals surface area contributed by atoms with Gasteiger partial charge < -0.3 is 25.2 Å². The fourth-order valence-corrected chi connectivity index (χ4v) is 6.18. The smallest absolute Gasteiger partial charge is 0.407 e. The lowest BCUT2D eigenvalue weighted by molar-refractivity contribution is -0.146. The van der Waals surface area contributed by atoms with Crippen LogP contribution in [0.15, 0.2) is 78.9 Å². The molecule has 0 saturated heterocycles. The Bertz CT molecular complexity index is 1350. The number of benzene rings is 3. The molecule has 0 bridgehead atoms. The van der Waals surface area contributed by atoms with Crippen molar-refractivity contribution in [2.45, 2.75) is 69.7 Å². The van der Waals surface area contributed by atoms with Crippen LogP contribution in [0.5, 0.6) is 0 Å². The van der Waals surface area contributed by atoms with Gasteiger partial charge in [0.15, 0.2) is 6.04 Å². The Hall–Kier alpha value is -4.17. The SMILES string of the molecule is C[C@@H](OCc1ccccc1)[C@H](NC(=O)CC1CCCCC1NC(=O)OCC1c2ccccc2-c2ccccc21)C(=O)O. The van der Waals surface area contributed by atoms with Crippen LogP contribution in [0.4, 0.5) is 4.79 Å². The first-order chi connectivity index (χ1) is 20.4. The third-order valence-corrected chi connectivity index (χ3v) is 8.41. The molecule has 5 rings (SSSR count). The summed E-state index contributed by atoms with van der Waals surface area (Å²) in [6, 6.07) is 24.4. The van der Waals surface area contributed by atoms with E-state index in [1.54, 1.807) is 6.92 Å². The maximum Gasteiger partial charge on any atom is 0.407 e. The minimum atomic E-state index is -1.18. The van der Waals surface area contributed by atoms with Gasteiger partial charge in [-0.2, -0.15) is 0 Å². The standard InChI is InChI=1S/C34H38N2O6/c1-22(41-20-23-11-3-2-4-12-23)32(33(38)39)36-31(37)19-24-13-5-10-18-30(24)35-34(40)42-21-29-27-16-8-6-14-25(27)26-15-7-9-17-28(26)29/h2-4,6-9,11-12,14-17,22,24,29-30,32H,5,10,13,18-21H2,1H3,(H,35,40)(H,36,37)(H,38,39)/t22-,24?,30?,32+/m1/s1. The summed E-state index contributed by atoms with van der Waals surface area (Å²) in [5.74, 6) is -1.67. The highest BCUT2D eigenvalue weighted by Gasteiger charge is 2.33. The number of carboxylic acid groups (broad SMARTS) is 1. The number of ether oxygens (including phenoxy) is 2. The van der Waals surface area contributed by atoms with E-state index in [0.717, 1.165) is 42.4 Å². The zero-order chi connectivity index (χ0) is 29.5. The van der Waals surface area contributed by atoms with Gasteiger partial charge in [-0.25, -0.2) is 9.59 Å². The molecule has 2 aliphatic carbocycles. The number of alkyl carbamates (subject to hydrolysis) is 1. The lowest BCUT2D eigenvalue weighted by atomic mass is 9.82. The number of carboxylic acids is 1. The van der Waals surface area contributed by atoms with Crippen molar-refractivity contribution < 1.29 is 29.0 Å². The first-order valence-electron chi connectivity index (χ1n) is 14.7. The minimum absolute atomic E-state index is 0.0323. The molecule has 0 spiro atoms. The average molecular weight is 571 g/mol. The Morgan fingerprint density at radius 3 is 2.17 bits per heavy atom. The number of fused-ring (bicyclic) bond motifs is 3. The van der Waals surface area contributed by atoms with Gasteiger partial charge in [0.2, 0.25) is 5.91 Å². The van der Waals surface area contributed by atoms with E-state index in [-0.39, 0.29) is 43.4 Å². The first kappa shape index (κ1) is 29.3. The van der Waals surface area contributed by atoms with Crippen LogP contribution in [0.3, 0.4) is 0 Å². The zero-order valence-corrected chi connectivity index (χ0v) is 23.8. The second-order valence-electron chi connectivity index (χ2n) is 11.2. The van der Waals surface area contributed by atoms with E-state index in [2.05, 4.69) is 34.9 Å². The van der Waals surface area contributed by atoms with Crippen molar-refractivity contribution in [3.63, 3.8) is 0 Å². The van der Waals surface area contributed by atoms with Gasteiger partial charge in [-0.3, -0.25) is 4.79 Å². The van der Waals surface area contributed by atoms with Gasteiger partial charge >= 0.3 is 12.1 Å². The summed E-state index contributed by atoms with van der Waals surface area (Å²) in [6.45, 7) is 2.11. The van der Waals surface area contributed by atoms with Gasteiger partial charge in [0.1, 0.15) is 6.61 Å². The van der Waals surface area contributed by atoms with Crippen LogP contribution >= 0.6 is 0 Å². The highest BCUT2D eigenvalue weighted by atomic mass is 16.5. The van der Waals surface area contributed by atoms with Gasteiger partial charge in [0, 0.05) is 18.4 Å². The molecule has 0 aliphatic heterocycles. The van der Waals surface area contributed by atoms with Gasteiger partial charge in [0.05, 0.1) is 12.7 Å². The highest BCUT2D eigenvalue weighted by molar-refractivity contribution is 5.84. The zero-order valence-electron chi connectivity index (χ0n) is 23.8. The molecule has 4 atom stereocenters. The van der Waals surface area contributed by atoms with Crippen LogP contribution in [-0.4, -0.2) is 47.9 Å². The summed E-state index contributed by atoms with van der Waals surface area (Å²) in [4.78, 5) is 37.9. The van der Waals surface area contributed by atoms with E-state index in [9.17, 15) is 19.5 Å². The van der Waals surface area contributed by atoms with Crippen LogP contribution in [0.25, 0.3) is 11.1 Å². The van der Waals surface area contributed by atoms with E-state index in [4.69, 9.17) is 9.47 Å². The Balaban J connectivity index is 1.14. The molecule has 0 aromatic heterocycles. The number of hydrogen-bond acceptors (Lipinski definition) is 5.